The van der Waals surface area contributed by atoms with Crippen LogP contribution in [0.2, 0.25) is 0 Å². The van der Waals surface area contributed by atoms with Gasteiger partial charge in [0.2, 0.25) is 0 Å². The zero-order valence-electron chi connectivity index (χ0n) is 12.6. The molecule has 0 heterocycles. The van der Waals surface area contributed by atoms with Crippen molar-refractivity contribution in [2.24, 2.45) is 5.92 Å². The van der Waals surface area contributed by atoms with Crippen LogP contribution >= 0.6 is 0 Å². The monoisotopic (exact) mass is 368 g/mol. The predicted molar refractivity (Wildman–Crippen MR) is 84.8 cm³/mol. The van der Waals surface area contributed by atoms with Gasteiger partial charge in [-0.25, -0.2) is 0 Å². The Labute approximate surface area is 137 Å². The molecule has 0 saturated carbocycles. The maximum atomic E-state index is 11.9. The SMILES string of the molecule is COC(=O)CC(=O)OC([Se]c1ccccc1)C1C=CCCC1. The number of methoxy groups -OCH3 is 1. The number of carbonyl (C=O) groups is 2. The van der Waals surface area contributed by atoms with Crippen LogP contribution in [0.4, 0.5) is 0 Å². The van der Waals surface area contributed by atoms with E-state index in [1.54, 1.807) is 0 Å². The van der Waals surface area contributed by atoms with Crippen LogP contribution in [0.3, 0.4) is 0 Å². The van der Waals surface area contributed by atoms with Gasteiger partial charge in [0, 0.05) is 0 Å². The molecule has 1 aromatic carbocycles. The summed E-state index contributed by atoms with van der Waals surface area (Å²) in [4.78, 5) is 23.1. The molecule has 2 rings (SSSR count). The van der Waals surface area contributed by atoms with Crippen LogP contribution in [0.25, 0.3) is 0 Å². The number of hydrogen-bond donors (Lipinski definition) is 0. The van der Waals surface area contributed by atoms with Crippen LogP contribution in [0, 0.1) is 5.92 Å². The normalized spacial score (nSPS) is 18.5. The molecule has 0 bridgehead atoms. The third-order valence-corrected chi connectivity index (χ3v) is 5.97. The molecule has 0 saturated heterocycles. The van der Waals surface area contributed by atoms with Crippen LogP contribution in [0.1, 0.15) is 25.7 Å². The van der Waals surface area contributed by atoms with Crippen molar-refractivity contribution < 1.29 is 19.1 Å². The Morgan fingerprint density at radius 2 is 2.05 bits per heavy atom. The Hall–Kier alpha value is -1.58. The van der Waals surface area contributed by atoms with E-state index in [9.17, 15) is 9.59 Å². The summed E-state index contributed by atoms with van der Waals surface area (Å²) in [7, 11) is 1.27. The van der Waals surface area contributed by atoms with E-state index in [1.165, 1.54) is 11.6 Å². The summed E-state index contributed by atoms with van der Waals surface area (Å²) in [6, 6.07) is 10.0. The standard InChI is InChI=1S/C17H20O4Se/c1-20-15(18)12-16(19)21-17(13-8-4-2-5-9-13)22-14-10-6-3-7-11-14/h3-4,6-8,10-11,13,17H,2,5,9,12H2,1H3. The van der Waals surface area contributed by atoms with Crippen molar-refractivity contribution in [1.29, 1.82) is 0 Å². The Kier molecular flexibility index (Phi) is 6.69. The van der Waals surface area contributed by atoms with E-state index in [2.05, 4.69) is 16.9 Å². The fourth-order valence-corrected chi connectivity index (χ4v) is 4.65. The molecule has 0 N–H and O–H groups in total. The molecule has 2 unspecified atom stereocenters. The average molecular weight is 367 g/mol. The van der Waals surface area contributed by atoms with Gasteiger partial charge in [0.25, 0.3) is 0 Å². The van der Waals surface area contributed by atoms with Gasteiger partial charge in [-0.15, -0.1) is 0 Å². The van der Waals surface area contributed by atoms with Crippen molar-refractivity contribution >= 4 is 31.4 Å². The van der Waals surface area contributed by atoms with E-state index in [0.29, 0.717) is 0 Å². The molecule has 1 aromatic rings. The van der Waals surface area contributed by atoms with Crippen molar-refractivity contribution in [3.05, 3.63) is 42.5 Å². The Morgan fingerprint density at radius 1 is 1.27 bits per heavy atom. The van der Waals surface area contributed by atoms with Crippen molar-refractivity contribution in [1.82, 2.24) is 0 Å². The number of hydrogen-bond acceptors (Lipinski definition) is 4. The number of carbonyl (C=O) groups excluding carboxylic acids is 2. The number of allylic oxidation sites excluding steroid dienone is 1. The fourth-order valence-electron chi connectivity index (χ4n) is 2.26. The molecule has 2 atom stereocenters. The topological polar surface area (TPSA) is 52.6 Å². The molecular weight excluding hydrogens is 347 g/mol. The number of rotatable bonds is 6. The van der Waals surface area contributed by atoms with Crippen LogP contribution in [0.15, 0.2) is 42.5 Å². The predicted octanol–water partition coefficient (Wildman–Crippen LogP) is 1.80. The van der Waals surface area contributed by atoms with Gasteiger partial charge < -0.3 is 0 Å². The molecule has 4 nitrogen and oxygen atoms in total. The quantitative estimate of drug-likeness (QED) is 0.333. The molecule has 22 heavy (non-hydrogen) atoms. The van der Waals surface area contributed by atoms with Gasteiger partial charge in [0.15, 0.2) is 0 Å². The molecule has 0 amide bonds. The zero-order chi connectivity index (χ0) is 15.8. The first-order valence-corrected chi connectivity index (χ1v) is 9.18. The van der Waals surface area contributed by atoms with Crippen LogP contribution < -0.4 is 4.46 Å². The Balaban J connectivity index is 2.04. The first-order chi connectivity index (χ1) is 10.7. The summed E-state index contributed by atoms with van der Waals surface area (Å²) < 4.78 is 11.3. The maximum absolute atomic E-state index is 11.9. The van der Waals surface area contributed by atoms with Crippen molar-refractivity contribution in [3.63, 3.8) is 0 Å². The molecule has 118 valence electrons. The fraction of sp³-hybridized carbons (Fsp3) is 0.412. The van der Waals surface area contributed by atoms with Crippen LogP contribution in [0.5, 0.6) is 0 Å². The second kappa shape index (κ2) is 8.76. The first-order valence-electron chi connectivity index (χ1n) is 7.33. The van der Waals surface area contributed by atoms with Gasteiger partial charge in [-0.2, -0.15) is 0 Å². The molecular formula is C17H20O4Se. The molecule has 1 aliphatic rings. The molecule has 1 aliphatic carbocycles. The molecule has 0 aliphatic heterocycles. The third-order valence-electron chi connectivity index (χ3n) is 3.40. The van der Waals surface area contributed by atoms with Gasteiger partial charge in [-0.1, -0.05) is 0 Å². The van der Waals surface area contributed by atoms with Crippen molar-refractivity contribution in [3.8, 4) is 0 Å². The van der Waals surface area contributed by atoms with E-state index >= 15 is 0 Å². The van der Waals surface area contributed by atoms with Crippen molar-refractivity contribution in [2.45, 2.75) is 30.7 Å². The molecule has 5 heteroatoms. The number of ether oxygens (including phenoxy) is 2. The van der Waals surface area contributed by atoms with Crippen LogP contribution in [-0.4, -0.2) is 39.0 Å². The van der Waals surface area contributed by atoms with Gasteiger partial charge in [-0.05, 0) is 0 Å². The van der Waals surface area contributed by atoms with Gasteiger partial charge in [0.05, 0.1) is 0 Å². The van der Waals surface area contributed by atoms with E-state index in [0.717, 1.165) is 19.3 Å². The van der Waals surface area contributed by atoms with Gasteiger partial charge in [0.1, 0.15) is 0 Å². The van der Waals surface area contributed by atoms with Crippen LogP contribution in [-0.2, 0) is 19.1 Å². The summed E-state index contributed by atoms with van der Waals surface area (Å²) >= 11 is 0.0133. The minimum atomic E-state index is -0.560. The van der Waals surface area contributed by atoms with E-state index in [4.69, 9.17) is 4.74 Å². The molecule has 0 spiro atoms. The summed E-state index contributed by atoms with van der Waals surface area (Å²) in [5.41, 5.74) is 0. The summed E-state index contributed by atoms with van der Waals surface area (Å²) in [5, 5.41) is -0.177. The number of esters is 2. The zero-order valence-corrected chi connectivity index (χ0v) is 14.3. The van der Waals surface area contributed by atoms with E-state index < -0.39 is 11.9 Å². The van der Waals surface area contributed by atoms with Gasteiger partial charge in [-0.3, -0.25) is 0 Å². The summed E-state index contributed by atoms with van der Waals surface area (Å²) in [5.74, 6) is -0.834. The summed E-state index contributed by atoms with van der Waals surface area (Å²) in [6.07, 6.45) is 7.17. The second-order valence-electron chi connectivity index (χ2n) is 5.06. The molecule has 0 aromatic heterocycles. The average Bonchev–Trinajstić information content (AvgIpc) is 2.56. The first kappa shape index (κ1) is 16.8. The van der Waals surface area contributed by atoms with E-state index in [1.807, 2.05) is 30.3 Å². The second-order valence-corrected chi connectivity index (χ2v) is 7.52. The summed E-state index contributed by atoms with van der Waals surface area (Å²) in [6.45, 7) is 0. The van der Waals surface area contributed by atoms with E-state index in [-0.39, 0.29) is 32.3 Å². The number of benzene rings is 1. The minimum absolute atomic E-state index is 0.0133. The molecule has 0 radical (unpaired) electrons. The third kappa shape index (κ3) is 5.32. The van der Waals surface area contributed by atoms with Gasteiger partial charge >= 0.3 is 137 Å². The molecule has 0 fully saturated rings. The Morgan fingerprint density at radius 3 is 2.68 bits per heavy atom. The van der Waals surface area contributed by atoms with Crippen molar-refractivity contribution in [2.75, 3.05) is 7.11 Å². The Bertz CT molecular complexity index is 527.